The van der Waals surface area contributed by atoms with Gasteiger partial charge in [0, 0.05) is 30.7 Å². The summed E-state index contributed by atoms with van der Waals surface area (Å²) in [4.78, 5) is 14.0. The molecule has 1 saturated heterocycles. The van der Waals surface area contributed by atoms with Gasteiger partial charge in [-0.15, -0.1) is 0 Å². The van der Waals surface area contributed by atoms with Gasteiger partial charge in [0.25, 0.3) is 0 Å². The molecule has 1 fully saturated rings. The maximum absolute atomic E-state index is 11.5. The number of hydrogen-bond donors (Lipinski definition) is 1. The van der Waals surface area contributed by atoms with Crippen molar-refractivity contribution in [2.45, 2.75) is 45.7 Å². The van der Waals surface area contributed by atoms with Gasteiger partial charge in [-0.2, -0.15) is 5.26 Å². The molecule has 0 amide bonds. The van der Waals surface area contributed by atoms with Crippen molar-refractivity contribution in [1.29, 1.82) is 5.26 Å². The van der Waals surface area contributed by atoms with Crippen molar-refractivity contribution < 1.29 is 4.79 Å². The van der Waals surface area contributed by atoms with Crippen molar-refractivity contribution in [2.24, 2.45) is 0 Å². The Balaban J connectivity index is 2.08. The lowest BCUT2D eigenvalue weighted by Crippen LogP contribution is -2.42. The number of likely N-dealkylation sites (tertiary alicyclic amines) is 1. The van der Waals surface area contributed by atoms with E-state index in [1.807, 2.05) is 0 Å². The molecule has 1 aromatic rings. The number of Topliss-reactive ketones (excluding diaryl/α,β-unsaturated/α-hetero) is 1. The summed E-state index contributed by atoms with van der Waals surface area (Å²) in [5, 5.41) is 12.7. The molecule has 1 aromatic carbocycles. The first-order valence-corrected chi connectivity index (χ1v) is 7.57. The summed E-state index contributed by atoms with van der Waals surface area (Å²) >= 11 is 0. The summed E-state index contributed by atoms with van der Waals surface area (Å²) in [6, 6.07) is 8.39. The van der Waals surface area contributed by atoms with Gasteiger partial charge < -0.3 is 10.2 Å². The van der Waals surface area contributed by atoms with E-state index < -0.39 is 0 Å². The molecule has 0 spiro atoms. The highest BCUT2D eigenvalue weighted by molar-refractivity contribution is 5.95. The fourth-order valence-electron chi connectivity index (χ4n) is 2.76. The van der Waals surface area contributed by atoms with Crippen LogP contribution in [0.25, 0.3) is 0 Å². The lowest BCUT2D eigenvalue weighted by atomic mass is 10.0. The molecule has 1 aliphatic rings. The number of carbonyl (C=O) groups is 1. The molecule has 0 saturated carbocycles. The Morgan fingerprint density at radius 3 is 2.57 bits per heavy atom. The topological polar surface area (TPSA) is 56.1 Å². The van der Waals surface area contributed by atoms with Crippen LogP contribution >= 0.6 is 0 Å². The Bertz CT molecular complexity index is 552. The molecule has 0 aliphatic carbocycles. The van der Waals surface area contributed by atoms with Crippen LogP contribution < -0.4 is 5.32 Å². The number of hydrogen-bond acceptors (Lipinski definition) is 4. The first-order chi connectivity index (χ1) is 10.0. The smallest absolute Gasteiger partial charge is 0.159 e. The van der Waals surface area contributed by atoms with Gasteiger partial charge in [0.2, 0.25) is 0 Å². The zero-order valence-corrected chi connectivity index (χ0v) is 13.0. The summed E-state index contributed by atoms with van der Waals surface area (Å²) in [6.07, 6.45) is 2.13. The third-order valence-corrected chi connectivity index (χ3v) is 4.17. The summed E-state index contributed by atoms with van der Waals surface area (Å²) in [6.45, 7) is 8.13. The highest BCUT2D eigenvalue weighted by Gasteiger charge is 2.21. The minimum absolute atomic E-state index is 0.0252. The van der Waals surface area contributed by atoms with Gasteiger partial charge in [-0.05, 0) is 51.8 Å². The highest BCUT2D eigenvalue weighted by atomic mass is 16.1. The Labute approximate surface area is 126 Å². The predicted molar refractivity (Wildman–Crippen MR) is 84.5 cm³/mol. The second kappa shape index (κ2) is 6.73. The molecular weight excluding hydrogens is 262 g/mol. The lowest BCUT2D eigenvalue weighted by Gasteiger charge is -2.35. The number of nitriles is 1. The Morgan fingerprint density at radius 2 is 2.05 bits per heavy atom. The summed E-state index contributed by atoms with van der Waals surface area (Å²) in [7, 11) is 0. The Kier molecular flexibility index (Phi) is 4.98. The number of ketones is 1. The van der Waals surface area contributed by atoms with E-state index in [9.17, 15) is 10.1 Å². The molecule has 0 atom stereocenters. The summed E-state index contributed by atoms with van der Waals surface area (Å²) in [5.41, 5.74) is 2.04. The van der Waals surface area contributed by atoms with Crippen molar-refractivity contribution in [2.75, 3.05) is 18.4 Å². The van der Waals surface area contributed by atoms with Crippen LogP contribution in [0.15, 0.2) is 18.2 Å². The average molecular weight is 285 g/mol. The number of benzene rings is 1. The van der Waals surface area contributed by atoms with Gasteiger partial charge in [-0.25, -0.2) is 0 Å². The third-order valence-electron chi connectivity index (χ3n) is 4.17. The first kappa shape index (κ1) is 15.5. The summed E-state index contributed by atoms with van der Waals surface area (Å²) < 4.78 is 0. The predicted octanol–water partition coefficient (Wildman–Crippen LogP) is 3.05. The van der Waals surface area contributed by atoms with Gasteiger partial charge in [-0.3, -0.25) is 4.79 Å². The molecule has 112 valence electrons. The minimum Gasteiger partial charge on any atom is -0.381 e. The van der Waals surface area contributed by atoms with Crippen molar-refractivity contribution in [3.05, 3.63) is 29.3 Å². The fourth-order valence-corrected chi connectivity index (χ4v) is 2.76. The van der Waals surface area contributed by atoms with Crippen molar-refractivity contribution >= 4 is 11.5 Å². The zero-order valence-electron chi connectivity index (χ0n) is 13.0. The van der Waals surface area contributed by atoms with E-state index in [1.165, 1.54) is 0 Å². The molecule has 4 heteroatoms. The minimum atomic E-state index is 0.0252. The van der Waals surface area contributed by atoms with Gasteiger partial charge in [-0.1, -0.05) is 0 Å². The molecule has 0 bridgehead atoms. The molecular formula is C17H23N3O. The quantitative estimate of drug-likeness (QED) is 0.864. The molecule has 1 aliphatic heterocycles. The molecule has 4 nitrogen and oxygen atoms in total. The summed E-state index contributed by atoms with van der Waals surface area (Å²) in [5.74, 6) is 0.0252. The van der Waals surface area contributed by atoms with Gasteiger partial charge in [0.1, 0.15) is 6.07 Å². The van der Waals surface area contributed by atoms with Crippen LogP contribution in [0.1, 0.15) is 49.5 Å². The molecule has 0 radical (unpaired) electrons. The van der Waals surface area contributed by atoms with E-state index >= 15 is 0 Å². The van der Waals surface area contributed by atoms with Crippen LogP contribution in [0.4, 0.5) is 5.69 Å². The normalized spacial score (nSPS) is 16.7. The Morgan fingerprint density at radius 1 is 1.38 bits per heavy atom. The van der Waals surface area contributed by atoms with Crippen molar-refractivity contribution in [3.8, 4) is 6.07 Å². The number of nitrogens with one attached hydrogen (secondary N) is 1. The number of piperidine rings is 1. The van der Waals surface area contributed by atoms with Crippen LogP contribution in [-0.4, -0.2) is 35.9 Å². The maximum Gasteiger partial charge on any atom is 0.159 e. The zero-order chi connectivity index (χ0) is 15.4. The van der Waals surface area contributed by atoms with E-state index in [4.69, 9.17) is 0 Å². The van der Waals surface area contributed by atoms with Crippen LogP contribution in [-0.2, 0) is 0 Å². The molecule has 1 heterocycles. The van der Waals surface area contributed by atoms with E-state index in [1.54, 1.807) is 25.1 Å². The molecule has 21 heavy (non-hydrogen) atoms. The van der Waals surface area contributed by atoms with Crippen LogP contribution in [0.5, 0.6) is 0 Å². The van der Waals surface area contributed by atoms with E-state index in [0.717, 1.165) is 31.6 Å². The highest BCUT2D eigenvalue weighted by Crippen LogP contribution is 2.22. The largest absolute Gasteiger partial charge is 0.381 e. The SMILES string of the molecule is CC(=O)c1ccc(C#N)c(NC2CCN(C(C)C)CC2)c1. The average Bonchev–Trinajstić information content (AvgIpc) is 2.47. The van der Waals surface area contributed by atoms with E-state index in [0.29, 0.717) is 23.2 Å². The number of anilines is 1. The number of nitrogens with zero attached hydrogens (tertiary/aromatic N) is 2. The molecule has 2 rings (SSSR count). The number of rotatable bonds is 4. The van der Waals surface area contributed by atoms with E-state index in [2.05, 4.69) is 30.1 Å². The molecule has 1 N–H and O–H groups in total. The van der Waals surface area contributed by atoms with E-state index in [-0.39, 0.29) is 5.78 Å². The van der Waals surface area contributed by atoms with Crippen LogP contribution in [0.2, 0.25) is 0 Å². The third kappa shape index (κ3) is 3.83. The van der Waals surface area contributed by atoms with Crippen LogP contribution in [0, 0.1) is 11.3 Å². The first-order valence-electron chi connectivity index (χ1n) is 7.57. The second-order valence-electron chi connectivity index (χ2n) is 5.98. The van der Waals surface area contributed by atoms with Gasteiger partial charge in [0.15, 0.2) is 5.78 Å². The maximum atomic E-state index is 11.5. The Hall–Kier alpha value is -1.86. The lowest BCUT2D eigenvalue weighted by molar-refractivity contribution is 0.101. The van der Waals surface area contributed by atoms with Gasteiger partial charge in [0.05, 0.1) is 11.3 Å². The second-order valence-corrected chi connectivity index (χ2v) is 5.98. The number of carbonyl (C=O) groups excluding carboxylic acids is 1. The van der Waals surface area contributed by atoms with Gasteiger partial charge >= 0.3 is 0 Å². The van der Waals surface area contributed by atoms with Crippen LogP contribution in [0.3, 0.4) is 0 Å². The molecule has 0 unspecified atom stereocenters. The monoisotopic (exact) mass is 285 g/mol. The molecule has 0 aromatic heterocycles. The van der Waals surface area contributed by atoms with Crippen molar-refractivity contribution in [1.82, 2.24) is 4.90 Å². The standard InChI is InChI=1S/C17H23N3O/c1-12(2)20-8-6-16(7-9-20)19-17-10-14(13(3)21)4-5-15(17)11-18/h4-5,10,12,16,19H,6-9H2,1-3H3. The van der Waals surface area contributed by atoms with Crippen molar-refractivity contribution in [3.63, 3.8) is 0 Å². The fraction of sp³-hybridized carbons (Fsp3) is 0.529.